The van der Waals surface area contributed by atoms with Crippen LogP contribution in [0.5, 0.6) is 0 Å². The van der Waals surface area contributed by atoms with Crippen molar-refractivity contribution in [1.29, 1.82) is 0 Å². The average Bonchev–Trinajstić information content (AvgIpc) is 3.01. The molecular formula is C9H5Cl2N7. The molecule has 18 heavy (non-hydrogen) atoms. The first-order valence-corrected chi connectivity index (χ1v) is 5.61. The number of halogens is 2. The van der Waals surface area contributed by atoms with Crippen molar-refractivity contribution < 1.29 is 0 Å². The minimum Gasteiger partial charge on any atom is -0.177 e. The van der Waals surface area contributed by atoms with Crippen molar-refractivity contribution in [3.63, 3.8) is 0 Å². The number of hydrogen-bond acceptors (Lipinski definition) is 5. The van der Waals surface area contributed by atoms with E-state index in [0.717, 1.165) is 0 Å². The Morgan fingerprint density at radius 3 is 2.78 bits per heavy atom. The van der Waals surface area contributed by atoms with E-state index in [-0.39, 0.29) is 0 Å². The summed E-state index contributed by atoms with van der Waals surface area (Å²) in [7, 11) is 0. The number of benzene rings is 1. The Kier molecular flexibility index (Phi) is 2.69. The number of hydrogen-bond donors (Lipinski definition) is 1. The standard InChI is InChI=1S/C9H5Cl2N7/c10-6-2-1-5(3-7(6)11)18-12-4-8(15-18)9-13-16-17-14-9/h1-4H,(H,13,14,16,17). The van der Waals surface area contributed by atoms with Gasteiger partial charge in [0.05, 0.1) is 21.9 Å². The van der Waals surface area contributed by atoms with Gasteiger partial charge in [-0.2, -0.15) is 15.1 Å². The fourth-order valence-electron chi connectivity index (χ4n) is 1.37. The molecule has 0 radical (unpaired) electrons. The van der Waals surface area contributed by atoms with Gasteiger partial charge >= 0.3 is 0 Å². The fraction of sp³-hybridized carbons (Fsp3) is 0. The molecule has 0 aliphatic heterocycles. The summed E-state index contributed by atoms with van der Waals surface area (Å²) in [6.07, 6.45) is 1.54. The lowest BCUT2D eigenvalue weighted by molar-refractivity contribution is 0.753. The van der Waals surface area contributed by atoms with E-state index in [0.29, 0.717) is 27.3 Å². The molecule has 0 saturated carbocycles. The molecule has 2 aromatic heterocycles. The van der Waals surface area contributed by atoms with Crippen LogP contribution in [0.3, 0.4) is 0 Å². The summed E-state index contributed by atoms with van der Waals surface area (Å²) in [6, 6.07) is 5.11. The number of H-pyrrole nitrogens is 1. The molecule has 1 aromatic carbocycles. The lowest BCUT2D eigenvalue weighted by Crippen LogP contribution is -1.98. The molecule has 0 spiro atoms. The maximum Gasteiger partial charge on any atom is 0.226 e. The van der Waals surface area contributed by atoms with Gasteiger partial charge in [-0.15, -0.1) is 15.3 Å². The van der Waals surface area contributed by atoms with Gasteiger partial charge in [-0.3, -0.25) is 0 Å². The van der Waals surface area contributed by atoms with Crippen LogP contribution in [0, 0.1) is 0 Å². The van der Waals surface area contributed by atoms with E-state index in [1.54, 1.807) is 18.2 Å². The van der Waals surface area contributed by atoms with Crippen LogP contribution < -0.4 is 0 Å². The maximum atomic E-state index is 5.93. The van der Waals surface area contributed by atoms with Gasteiger partial charge in [-0.1, -0.05) is 23.2 Å². The van der Waals surface area contributed by atoms with Gasteiger partial charge < -0.3 is 0 Å². The number of aromatic amines is 1. The van der Waals surface area contributed by atoms with Crippen molar-refractivity contribution in [1.82, 2.24) is 35.6 Å². The topological polar surface area (TPSA) is 85.2 Å². The Morgan fingerprint density at radius 1 is 1.17 bits per heavy atom. The summed E-state index contributed by atoms with van der Waals surface area (Å²) >= 11 is 11.8. The zero-order valence-electron chi connectivity index (χ0n) is 8.75. The van der Waals surface area contributed by atoms with E-state index in [9.17, 15) is 0 Å². The van der Waals surface area contributed by atoms with Crippen LogP contribution in [0.4, 0.5) is 0 Å². The van der Waals surface area contributed by atoms with Crippen LogP contribution >= 0.6 is 23.2 Å². The molecule has 90 valence electrons. The van der Waals surface area contributed by atoms with Crippen molar-refractivity contribution in [3.05, 3.63) is 34.4 Å². The van der Waals surface area contributed by atoms with Gasteiger partial charge in [0.1, 0.15) is 0 Å². The van der Waals surface area contributed by atoms with Gasteiger partial charge in [0.2, 0.25) is 5.82 Å². The monoisotopic (exact) mass is 281 g/mol. The highest BCUT2D eigenvalue weighted by atomic mass is 35.5. The summed E-state index contributed by atoms with van der Waals surface area (Å²) in [4.78, 5) is 1.41. The lowest BCUT2D eigenvalue weighted by Gasteiger charge is -2.00. The largest absolute Gasteiger partial charge is 0.226 e. The second-order valence-corrected chi connectivity index (χ2v) is 4.17. The number of aromatic nitrogens is 7. The Balaban J connectivity index is 2.00. The highest BCUT2D eigenvalue weighted by Gasteiger charge is 2.09. The Bertz CT molecular complexity index is 676. The Hall–Kier alpha value is -1.99. The lowest BCUT2D eigenvalue weighted by atomic mass is 10.3. The van der Waals surface area contributed by atoms with Crippen molar-refractivity contribution in [2.75, 3.05) is 0 Å². The first-order valence-electron chi connectivity index (χ1n) is 4.85. The normalized spacial score (nSPS) is 10.8. The van der Waals surface area contributed by atoms with Crippen molar-refractivity contribution in [3.8, 4) is 17.2 Å². The van der Waals surface area contributed by atoms with E-state index < -0.39 is 0 Å². The van der Waals surface area contributed by atoms with Gasteiger partial charge in [-0.05, 0) is 23.4 Å². The number of rotatable bonds is 2. The van der Waals surface area contributed by atoms with E-state index >= 15 is 0 Å². The first-order chi connectivity index (χ1) is 8.74. The minimum atomic E-state index is 0.376. The third kappa shape index (κ3) is 1.93. The smallest absolute Gasteiger partial charge is 0.177 e. The highest BCUT2D eigenvalue weighted by molar-refractivity contribution is 6.42. The predicted octanol–water partition coefficient (Wildman–Crippen LogP) is 1.75. The SMILES string of the molecule is Clc1ccc(-n2ncc(-c3nn[nH]n3)n2)cc1Cl. The summed E-state index contributed by atoms with van der Waals surface area (Å²) in [5.74, 6) is 0.376. The number of nitrogens with zero attached hydrogens (tertiary/aromatic N) is 6. The molecule has 9 heteroatoms. The molecule has 0 atom stereocenters. The third-order valence-corrected chi connectivity index (χ3v) is 2.94. The predicted molar refractivity (Wildman–Crippen MR) is 64.6 cm³/mol. The molecule has 0 aliphatic carbocycles. The van der Waals surface area contributed by atoms with Crippen LogP contribution in [0.25, 0.3) is 17.2 Å². The highest BCUT2D eigenvalue weighted by Crippen LogP contribution is 2.24. The van der Waals surface area contributed by atoms with Crippen LogP contribution in [-0.4, -0.2) is 35.6 Å². The second-order valence-electron chi connectivity index (χ2n) is 3.35. The Morgan fingerprint density at radius 2 is 2.06 bits per heavy atom. The van der Waals surface area contributed by atoms with Gasteiger partial charge in [0.25, 0.3) is 0 Å². The zero-order chi connectivity index (χ0) is 12.5. The molecule has 7 nitrogen and oxygen atoms in total. The number of nitrogens with one attached hydrogen (secondary N) is 1. The molecule has 1 N–H and O–H groups in total. The van der Waals surface area contributed by atoms with Gasteiger partial charge in [-0.25, -0.2) is 0 Å². The van der Waals surface area contributed by atoms with Crippen LogP contribution in [-0.2, 0) is 0 Å². The molecule has 0 fully saturated rings. The Labute approximate surface area is 111 Å². The fourth-order valence-corrected chi connectivity index (χ4v) is 1.66. The summed E-state index contributed by atoms with van der Waals surface area (Å²) in [5, 5.41) is 22.7. The van der Waals surface area contributed by atoms with E-state index in [2.05, 4.69) is 30.8 Å². The van der Waals surface area contributed by atoms with Crippen molar-refractivity contribution >= 4 is 23.2 Å². The minimum absolute atomic E-state index is 0.376. The second kappa shape index (κ2) is 4.35. The van der Waals surface area contributed by atoms with E-state index in [1.807, 2.05) is 0 Å². The van der Waals surface area contributed by atoms with E-state index in [4.69, 9.17) is 23.2 Å². The van der Waals surface area contributed by atoms with Crippen LogP contribution in [0.15, 0.2) is 24.4 Å². The first kappa shape index (κ1) is 11.1. The van der Waals surface area contributed by atoms with Crippen molar-refractivity contribution in [2.45, 2.75) is 0 Å². The molecule has 0 bridgehead atoms. The van der Waals surface area contributed by atoms with Crippen LogP contribution in [0.2, 0.25) is 10.0 Å². The summed E-state index contributed by atoms with van der Waals surface area (Å²) < 4.78 is 0. The molecule has 2 heterocycles. The van der Waals surface area contributed by atoms with Gasteiger partial charge in [0.15, 0.2) is 5.69 Å². The molecule has 0 amide bonds. The van der Waals surface area contributed by atoms with Gasteiger partial charge in [0, 0.05) is 0 Å². The van der Waals surface area contributed by atoms with E-state index in [1.165, 1.54) is 11.0 Å². The van der Waals surface area contributed by atoms with Crippen LogP contribution in [0.1, 0.15) is 0 Å². The number of tetrazole rings is 1. The molecule has 3 rings (SSSR count). The molecule has 3 aromatic rings. The molecule has 0 unspecified atom stereocenters. The third-order valence-electron chi connectivity index (χ3n) is 2.20. The maximum absolute atomic E-state index is 5.93. The quantitative estimate of drug-likeness (QED) is 0.774. The average molecular weight is 282 g/mol. The molecule has 0 saturated heterocycles. The summed E-state index contributed by atoms with van der Waals surface area (Å²) in [5.41, 5.74) is 1.20. The molecular weight excluding hydrogens is 277 g/mol. The molecule has 0 aliphatic rings. The zero-order valence-corrected chi connectivity index (χ0v) is 10.3. The summed E-state index contributed by atoms with van der Waals surface area (Å²) in [6.45, 7) is 0. The van der Waals surface area contributed by atoms with Crippen molar-refractivity contribution in [2.24, 2.45) is 0 Å².